The summed E-state index contributed by atoms with van der Waals surface area (Å²) < 4.78 is 26.7. The quantitative estimate of drug-likeness (QED) is 0.775. The molecule has 0 radical (unpaired) electrons. The molecule has 0 aromatic heterocycles. The van der Waals surface area contributed by atoms with Crippen molar-refractivity contribution in [2.24, 2.45) is 0 Å². The van der Waals surface area contributed by atoms with E-state index in [0.29, 0.717) is 5.69 Å². The standard InChI is InChI=1S/C10H13N3O3S/c1-11-17(15,16)13-6-8-4-2-3-5-9(8)12-10(14)7-13/h2-5,11H,6-7H2,1H3,(H,12,14). The van der Waals surface area contributed by atoms with Crippen molar-refractivity contribution < 1.29 is 13.2 Å². The fourth-order valence-electron chi connectivity index (χ4n) is 1.67. The maximum Gasteiger partial charge on any atom is 0.279 e. The molecule has 1 aromatic rings. The number of fused-ring (bicyclic) bond motifs is 1. The van der Waals surface area contributed by atoms with Crippen molar-refractivity contribution in [1.82, 2.24) is 9.03 Å². The average molecular weight is 255 g/mol. The smallest absolute Gasteiger partial charge is 0.279 e. The Morgan fingerprint density at radius 1 is 1.29 bits per heavy atom. The van der Waals surface area contributed by atoms with E-state index in [4.69, 9.17) is 0 Å². The molecule has 0 fully saturated rings. The number of nitrogens with one attached hydrogen (secondary N) is 2. The first-order valence-electron chi connectivity index (χ1n) is 5.09. The van der Waals surface area contributed by atoms with E-state index < -0.39 is 10.2 Å². The summed E-state index contributed by atoms with van der Waals surface area (Å²) in [6.45, 7) is -0.00403. The van der Waals surface area contributed by atoms with Crippen molar-refractivity contribution >= 4 is 21.8 Å². The lowest BCUT2D eigenvalue weighted by molar-refractivity contribution is -0.116. The molecule has 0 atom stereocenters. The maximum atomic E-state index is 11.7. The second-order valence-electron chi connectivity index (χ2n) is 3.68. The Hall–Kier alpha value is -1.44. The van der Waals surface area contributed by atoms with Crippen molar-refractivity contribution in [1.29, 1.82) is 0 Å². The van der Waals surface area contributed by atoms with E-state index in [1.807, 2.05) is 0 Å². The number of benzene rings is 1. The van der Waals surface area contributed by atoms with Gasteiger partial charge in [0.1, 0.15) is 0 Å². The molecule has 2 N–H and O–H groups in total. The minimum Gasteiger partial charge on any atom is -0.325 e. The highest BCUT2D eigenvalue weighted by molar-refractivity contribution is 7.87. The van der Waals surface area contributed by atoms with Gasteiger partial charge in [0.15, 0.2) is 0 Å². The molecule has 0 spiro atoms. The van der Waals surface area contributed by atoms with Crippen LogP contribution in [0.5, 0.6) is 0 Å². The lowest BCUT2D eigenvalue weighted by atomic mass is 10.2. The van der Waals surface area contributed by atoms with Gasteiger partial charge in [0.2, 0.25) is 5.91 Å². The molecule has 17 heavy (non-hydrogen) atoms. The molecule has 7 heteroatoms. The monoisotopic (exact) mass is 255 g/mol. The number of rotatable bonds is 2. The Kier molecular flexibility index (Phi) is 3.14. The summed E-state index contributed by atoms with van der Waals surface area (Å²) in [7, 11) is -2.27. The largest absolute Gasteiger partial charge is 0.325 e. The van der Waals surface area contributed by atoms with Crippen LogP contribution in [0.25, 0.3) is 0 Å². The van der Waals surface area contributed by atoms with Crippen LogP contribution in [0.2, 0.25) is 0 Å². The number of hydrogen-bond acceptors (Lipinski definition) is 3. The third-order valence-electron chi connectivity index (χ3n) is 2.56. The van der Waals surface area contributed by atoms with Crippen LogP contribution in [0, 0.1) is 0 Å². The highest BCUT2D eigenvalue weighted by atomic mass is 32.2. The zero-order valence-electron chi connectivity index (χ0n) is 9.30. The number of para-hydroxylation sites is 1. The van der Waals surface area contributed by atoms with Gasteiger partial charge in [-0.2, -0.15) is 12.7 Å². The fraction of sp³-hybridized carbons (Fsp3) is 0.300. The zero-order valence-corrected chi connectivity index (χ0v) is 10.1. The number of hydrogen-bond donors (Lipinski definition) is 2. The lowest BCUT2D eigenvalue weighted by Gasteiger charge is -2.17. The Morgan fingerprint density at radius 3 is 2.71 bits per heavy atom. The number of nitrogens with zero attached hydrogens (tertiary/aromatic N) is 1. The summed E-state index contributed by atoms with van der Waals surface area (Å²) in [6.07, 6.45) is 0. The lowest BCUT2D eigenvalue weighted by Crippen LogP contribution is -2.41. The minimum absolute atomic E-state index is 0.179. The van der Waals surface area contributed by atoms with Gasteiger partial charge in [-0.15, -0.1) is 0 Å². The summed E-state index contributed by atoms with van der Waals surface area (Å²) >= 11 is 0. The molecular formula is C10H13N3O3S. The Labute approximate surface area is 99.8 Å². The van der Waals surface area contributed by atoms with Gasteiger partial charge in [-0.3, -0.25) is 4.79 Å². The van der Waals surface area contributed by atoms with E-state index in [2.05, 4.69) is 10.0 Å². The second kappa shape index (κ2) is 4.44. The first-order valence-corrected chi connectivity index (χ1v) is 6.53. The van der Waals surface area contributed by atoms with Gasteiger partial charge in [0.05, 0.1) is 6.54 Å². The summed E-state index contributed by atoms with van der Waals surface area (Å²) in [5.74, 6) is -0.339. The first kappa shape index (κ1) is 12.0. The van der Waals surface area contributed by atoms with E-state index in [9.17, 15) is 13.2 Å². The molecule has 1 aliphatic rings. The third kappa shape index (κ3) is 2.46. The van der Waals surface area contributed by atoms with Crippen molar-refractivity contribution in [2.75, 3.05) is 18.9 Å². The number of amides is 1. The van der Waals surface area contributed by atoms with Crippen LogP contribution in [-0.4, -0.2) is 32.2 Å². The van der Waals surface area contributed by atoms with Gasteiger partial charge in [-0.1, -0.05) is 18.2 Å². The van der Waals surface area contributed by atoms with Crippen LogP contribution >= 0.6 is 0 Å². The van der Waals surface area contributed by atoms with Crippen molar-refractivity contribution in [2.45, 2.75) is 6.54 Å². The van der Waals surface area contributed by atoms with Gasteiger partial charge in [-0.25, -0.2) is 4.72 Å². The maximum absolute atomic E-state index is 11.7. The summed E-state index contributed by atoms with van der Waals surface area (Å²) in [5.41, 5.74) is 1.43. The van der Waals surface area contributed by atoms with Crippen molar-refractivity contribution in [3.63, 3.8) is 0 Å². The van der Waals surface area contributed by atoms with Crippen LogP contribution in [0.1, 0.15) is 5.56 Å². The first-order chi connectivity index (χ1) is 8.03. The molecule has 0 saturated heterocycles. The predicted octanol–water partition coefficient (Wildman–Crippen LogP) is -0.0951. The van der Waals surface area contributed by atoms with Crippen LogP contribution in [0.4, 0.5) is 5.69 Å². The molecule has 6 nitrogen and oxygen atoms in total. The normalized spacial score (nSPS) is 17.1. The predicted molar refractivity (Wildman–Crippen MR) is 63.5 cm³/mol. The Morgan fingerprint density at radius 2 is 2.00 bits per heavy atom. The fourth-order valence-corrected chi connectivity index (χ4v) is 2.53. The van der Waals surface area contributed by atoms with Gasteiger partial charge in [0, 0.05) is 19.3 Å². The van der Waals surface area contributed by atoms with E-state index in [0.717, 1.165) is 9.87 Å². The number of carbonyl (C=O) groups excluding carboxylic acids is 1. The summed E-state index contributed by atoms with van der Waals surface area (Å²) in [4.78, 5) is 11.6. The minimum atomic E-state index is -3.60. The van der Waals surface area contributed by atoms with E-state index in [1.54, 1.807) is 24.3 Å². The highest BCUT2D eigenvalue weighted by Crippen LogP contribution is 2.21. The highest BCUT2D eigenvalue weighted by Gasteiger charge is 2.27. The molecular weight excluding hydrogens is 242 g/mol. The van der Waals surface area contributed by atoms with Crippen LogP contribution in [0.15, 0.2) is 24.3 Å². The SMILES string of the molecule is CNS(=O)(=O)N1CC(=O)Nc2ccccc2C1. The van der Waals surface area contributed by atoms with E-state index in [-0.39, 0.29) is 19.0 Å². The van der Waals surface area contributed by atoms with Gasteiger partial charge in [0.25, 0.3) is 10.2 Å². The zero-order chi connectivity index (χ0) is 12.5. The number of anilines is 1. The average Bonchev–Trinajstić information content (AvgIpc) is 2.47. The molecule has 0 saturated carbocycles. The summed E-state index contributed by atoms with van der Waals surface area (Å²) in [5, 5.41) is 2.68. The van der Waals surface area contributed by atoms with E-state index >= 15 is 0 Å². The third-order valence-corrected chi connectivity index (χ3v) is 4.01. The van der Waals surface area contributed by atoms with Crippen molar-refractivity contribution in [3.8, 4) is 0 Å². The van der Waals surface area contributed by atoms with Crippen LogP contribution in [-0.2, 0) is 21.5 Å². The number of carbonyl (C=O) groups is 1. The van der Waals surface area contributed by atoms with Gasteiger partial charge >= 0.3 is 0 Å². The second-order valence-corrected chi connectivity index (χ2v) is 5.56. The van der Waals surface area contributed by atoms with Crippen LogP contribution < -0.4 is 10.0 Å². The molecule has 0 aliphatic carbocycles. The Balaban J connectivity index is 2.39. The van der Waals surface area contributed by atoms with Crippen molar-refractivity contribution in [3.05, 3.63) is 29.8 Å². The van der Waals surface area contributed by atoms with Gasteiger partial charge in [-0.05, 0) is 11.6 Å². The van der Waals surface area contributed by atoms with Crippen LogP contribution in [0.3, 0.4) is 0 Å². The topological polar surface area (TPSA) is 78.5 Å². The molecule has 1 heterocycles. The molecule has 1 aromatic carbocycles. The van der Waals surface area contributed by atoms with E-state index in [1.165, 1.54) is 7.05 Å². The molecule has 0 unspecified atom stereocenters. The molecule has 0 bridgehead atoms. The molecule has 1 aliphatic heterocycles. The molecule has 2 rings (SSSR count). The molecule has 92 valence electrons. The summed E-state index contributed by atoms with van der Waals surface area (Å²) in [6, 6.07) is 7.14. The Bertz CT molecular complexity index is 541. The van der Waals surface area contributed by atoms with Gasteiger partial charge < -0.3 is 5.32 Å². The molecule has 1 amide bonds.